The molecule has 3 rings (SSSR count). The Kier molecular flexibility index (Phi) is 3.40. The van der Waals surface area contributed by atoms with Gasteiger partial charge >= 0.3 is 5.97 Å². The molecule has 0 spiro atoms. The Balaban J connectivity index is 1.94. The summed E-state index contributed by atoms with van der Waals surface area (Å²) in [6.07, 6.45) is 5.03. The molecule has 1 heterocycles. The van der Waals surface area contributed by atoms with E-state index < -0.39 is 5.97 Å². The number of hydrogen-bond donors (Lipinski definition) is 1. The predicted molar refractivity (Wildman–Crippen MR) is 78.4 cm³/mol. The molecule has 2 aliphatic carbocycles. The average molecular weight is 274 g/mol. The van der Waals surface area contributed by atoms with Crippen LogP contribution < -0.4 is 4.90 Å². The van der Waals surface area contributed by atoms with Crippen LogP contribution in [-0.2, 0) is 0 Å². The van der Waals surface area contributed by atoms with E-state index in [0.29, 0.717) is 11.6 Å². The summed E-state index contributed by atoms with van der Waals surface area (Å²) in [5.41, 5.74) is 1.24. The average Bonchev–Trinajstić information content (AvgIpc) is 3.26. The van der Waals surface area contributed by atoms with Crippen molar-refractivity contribution in [3.05, 3.63) is 23.4 Å². The number of carboxylic acid groups (broad SMARTS) is 1. The van der Waals surface area contributed by atoms with E-state index in [9.17, 15) is 9.90 Å². The molecule has 0 atom stereocenters. The Morgan fingerprint density at radius 2 is 2.05 bits per heavy atom. The molecule has 0 aliphatic heterocycles. The molecule has 1 N–H and O–H groups in total. The van der Waals surface area contributed by atoms with Gasteiger partial charge in [0, 0.05) is 18.3 Å². The second-order valence-corrected chi connectivity index (χ2v) is 6.43. The van der Waals surface area contributed by atoms with Crippen molar-refractivity contribution in [3.8, 4) is 0 Å². The summed E-state index contributed by atoms with van der Waals surface area (Å²) in [6.45, 7) is 5.15. The van der Waals surface area contributed by atoms with Crippen LogP contribution in [0.1, 0.15) is 61.5 Å². The van der Waals surface area contributed by atoms with Gasteiger partial charge in [0.15, 0.2) is 0 Å². The van der Waals surface area contributed by atoms with Gasteiger partial charge in [-0.15, -0.1) is 0 Å². The van der Waals surface area contributed by atoms with E-state index in [-0.39, 0.29) is 5.92 Å². The fourth-order valence-electron chi connectivity index (χ4n) is 2.50. The summed E-state index contributed by atoms with van der Waals surface area (Å²) in [5.74, 6) is 1.03. The number of aromatic nitrogens is 1. The van der Waals surface area contributed by atoms with Gasteiger partial charge in [-0.1, -0.05) is 13.8 Å². The van der Waals surface area contributed by atoms with Gasteiger partial charge in [0.1, 0.15) is 5.82 Å². The maximum absolute atomic E-state index is 11.3. The molecule has 4 nitrogen and oxygen atoms in total. The van der Waals surface area contributed by atoms with E-state index in [0.717, 1.165) is 24.0 Å². The summed E-state index contributed by atoms with van der Waals surface area (Å²) < 4.78 is 0. The molecular weight excluding hydrogens is 252 g/mol. The van der Waals surface area contributed by atoms with Crippen LogP contribution in [0.3, 0.4) is 0 Å². The minimum atomic E-state index is -0.863. The van der Waals surface area contributed by atoms with Crippen molar-refractivity contribution in [1.29, 1.82) is 0 Å². The van der Waals surface area contributed by atoms with Gasteiger partial charge in [0.25, 0.3) is 0 Å². The van der Waals surface area contributed by atoms with E-state index in [1.807, 2.05) is 0 Å². The van der Waals surface area contributed by atoms with Crippen LogP contribution in [-0.4, -0.2) is 28.6 Å². The monoisotopic (exact) mass is 274 g/mol. The van der Waals surface area contributed by atoms with E-state index in [1.54, 1.807) is 12.1 Å². The highest BCUT2D eigenvalue weighted by molar-refractivity contribution is 5.88. The van der Waals surface area contributed by atoms with Crippen molar-refractivity contribution < 1.29 is 9.90 Å². The van der Waals surface area contributed by atoms with Gasteiger partial charge in [0.2, 0.25) is 0 Å². The standard InChI is InChI=1S/C16H22N2O2/c1-10(2)14-7-12(16(19)20)8-15(17-14)18(13-5-6-13)9-11-3-4-11/h7-8,10-11,13H,3-6,9H2,1-2H3,(H,19,20). The molecule has 2 saturated carbocycles. The van der Waals surface area contributed by atoms with Crippen LogP contribution in [0, 0.1) is 5.92 Å². The van der Waals surface area contributed by atoms with E-state index in [1.165, 1.54) is 25.7 Å². The first-order chi connectivity index (χ1) is 9.54. The lowest BCUT2D eigenvalue weighted by atomic mass is 10.1. The largest absolute Gasteiger partial charge is 0.478 e. The number of nitrogens with zero attached hydrogens (tertiary/aromatic N) is 2. The molecule has 0 saturated heterocycles. The molecular formula is C16H22N2O2. The highest BCUT2D eigenvalue weighted by Gasteiger charge is 2.35. The van der Waals surface area contributed by atoms with Crippen LogP contribution in [0.4, 0.5) is 5.82 Å². The van der Waals surface area contributed by atoms with Gasteiger partial charge in [-0.2, -0.15) is 0 Å². The Morgan fingerprint density at radius 1 is 1.35 bits per heavy atom. The van der Waals surface area contributed by atoms with Crippen molar-refractivity contribution in [2.75, 3.05) is 11.4 Å². The maximum Gasteiger partial charge on any atom is 0.335 e. The molecule has 1 aromatic rings. The Labute approximate surface area is 119 Å². The van der Waals surface area contributed by atoms with Gasteiger partial charge < -0.3 is 10.0 Å². The summed E-state index contributed by atoms with van der Waals surface area (Å²) in [6, 6.07) is 4.03. The Hall–Kier alpha value is -1.58. The van der Waals surface area contributed by atoms with Gasteiger partial charge in [-0.25, -0.2) is 9.78 Å². The molecule has 0 radical (unpaired) electrons. The zero-order valence-electron chi connectivity index (χ0n) is 12.2. The van der Waals surface area contributed by atoms with Gasteiger partial charge in [0.05, 0.1) is 5.56 Å². The van der Waals surface area contributed by atoms with E-state index >= 15 is 0 Å². The minimum absolute atomic E-state index is 0.245. The lowest BCUT2D eigenvalue weighted by Crippen LogP contribution is -2.29. The number of anilines is 1. The quantitative estimate of drug-likeness (QED) is 0.865. The van der Waals surface area contributed by atoms with Crippen molar-refractivity contribution >= 4 is 11.8 Å². The van der Waals surface area contributed by atoms with Crippen LogP contribution in [0.15, 0.2) is 12.1 Å². The van der Waals surface area contributed by atoms with Crippen molar-refractivity contribution in [2.45, 2.75) is 51.5 Å². The number of rotatable bonds is 6. The topological polar surface area (TPSA) is 53.4 Å². The fourth-order valence-corrected chi connectivity index (χ4v) is 2.50. The smallest absolute Gasteiger partial charge is 0.335 e. The zero-order chi connectivity index (χ0) is 14.3. The molecule has 0 aromatic carbocycles. The second kappa shape index (κ2) is 5.08. The fraction of sp³-hybridized carbons (Fsp3) is 0.625. The Morgan fingerprint density at radius 3 is 2.55 bits per heavy atom. The summed E-state index contributed by atoms with van der Waals surface area (Å²) in [4.78, 5) is 18.4. The first-order valence-corrected chi connectivity index (χ1v) is 7.56. The van der Waals surface area contributed by atoms with E-state index in [2.05, 4.69) is 18.7 Å². The lowest BCUT2D eigenvalue weighted by Gasteiger charge is -2.25. The van der Waals surface area contributed by atoms with Crippen LogP contribution >= 0.6 is 0 Å². The first-order valence-electron chi connectivity index (χ1n) is 7.56. The molecule has 2 aliphatic rings. The molecule has 0 unspecified atom stereocenters. The minimum Gasteiger partial charge on any atom is -0.478 e. The summed E-state index contributed by atoms with van der Waals surface area (Å²) >= 11 is 0. The molecule has 0 amide bonds. The number of aromatic carboxylic acids is 1. The molecule has 2 fully saturated rings. The van der Waals surface area contributed by atoms with Crippen LogP contribution in [0.2, 0.25) is 0 Å². The maximum atomic E-state index is 11.3. The molecule has 1 aromatic heterocycles. The van der Waals surface area contributed by atoms with Crippen molar-refractivity contribution in [2.24, 2.45) is 5.92 Å². The SMILES string of the molecule is CC(C)c1cc(C(=O)O)cc(N(CC2CC2)C2CC2)n1. The third-order valence-corrected chi connectivity index (χ3v) is 4.10. The normalized spacial score (nSPS) is 18.4. The third kappa shape index (κ3) is 2.94. The van der Waals surface area contributed by atoms with Gasteiger partial charge in [-0.05, 0) is 49.7 Å². The zero-order valence-corrected chi connectivity index (χ0v) is 12.2. The second-order valence-electron chi connectivity index (χ2n) is 6.43. The number of hydrogen-bond acceptors (Lipinski definition) is 3. The highest BCUT2D eigenvalue weighted by atomic mass is 16.4. The van der Waals surface area contributed by atoms with Crippen molar-refractivity contribution in [1.82, 2.24) is 4.98 Å². The van der Waals surface area contributed by atoms with Crippen molar-refractivity contribution in [3.63, 3.8) is 0 Å². The molecule has 20 heavy (non-hydrogen) atoms. The Bertz CT molecular complexity index is 519. The number of carbonyl (C=O) groups is 1. The lowest BCUT2D eigenvalue weighted by molar-refractivity contribution is 0.0696. The number of carboxylic acids is 1. The molecule has 108 valence electrons. The number of pyridine rings is 1. The van der Waals surface area contributed by atoms with Crippen LogP contribution in [0.5, 0.6) is 0 Å². The third-order valence-electron chi connectivity index (χ3n) is 4.10. The predicted octanol–water partition coefficient (Wildman–Crippen LogP) is 3.28. The van der Waals surface area contributed by atoms with Gasteiger partial charge in [-0.3, -0.25) is 0 Å². The van der Waals surface area contributed by atoms with E-state index in [4.69, 9.17) is 4.98 Å². The molecule has 4 heteroatoms. The highest BCUT2D eigenvalue weighted by Crippen LogP contribution is 2.37. The summed E-state index contributed by atoms with van der Waals surface area (Å²) in [5, 5.41) is 9.30. The molecule has 0 bridgehead atoms. The van der Waals surface area contributed by atoms with Crippen LogP contribution in [0.25, 0.3) is 0 Å². The summed E-state index contributed by atoms with van der Waals surface area (Å²) in [7, 11) is 0. The first kappa shape index (κ1) is 13.4.